The Kier molecular flexibility index (Phi) is 4.59. The van der Waals surface area contributed by atoms with Crippen LogP contribution >= 0.6 is 11.6 Å². The van der Waals surface area contributed by atoms with Crippen molar-refractivity contribution in [1.29, 1.82) is 0 Å². The number of aromatic amines is 1. The van der Waals surface area contributed by atoms with Gasteiger partial charge in [-0.1, -0.05) is 32.4 Å². The molecule has 0 fully saturated rings. The van der Waals surface area contributed by atoms with E-state index >= 15 is 0 Å². The Morgan fingerprint density at radius 3 is 2.54 bits per heavy atom. The van der Waals surface area contributed by atoms with Gasteiger partial charge in [-0.05, 0) is 41.3 Å². The number of H-pyrrole nitrogens is 1. The summed E-state index contributed by atoms with van der Waals surface area (Å²) in [4.78, 5) is 31.8. The van der Waals surface area contributed by atoms with Crippen LogP contribution in [0.5, 0.6) is 5.75 Å². The monoisotopic (exact) mass is 370 g/mol. The number of nitrogens with one attached hydrogen (secondary N) is 1. The highest BCUT2D eigenvalue weighted by molar-refractivity contribution is 6.31. The van der Waals surface area contributed by atoms with Gasteiger partial charge in [0.1, 0.15) is 11.4 Å². The molecule has 0 unspecified atom stereocenters. The molecule has 6 heteroatoms. The first-order valence-corrected chi connectivity index (χ1v) is 8.55. The number of benzene rings is 1. The number of hydrogen-bond acceptors (Lipinski definition) is 4. The van der Waals surface area contributed by atoms with Gasteiger partial charge in [-0.2, -0.15) is 0 Å². The van der Waals surface area contributed by atoms with Gasteiger partial charge < -0.3 is 9.72 Å². The van der Waals surface area contributed by atoms with Crippen molar-refractivity contribution in [2.24, 2.45) is 0 Å². The van der Waals surface area contributed by atoms with E-state index in [1.165, 1.54) is 6.92 Å². The van der Waals surface area contributed by atoms with Crippen molar-refractivity contribution in [3.63, 3.8) is 0 Å². The zero-order valence-electron chi connectivity index (χ0n) is 15.0. The van der Waals surface area contributed by atoms with Crippen LogP contribution in [-0.2, 0) is 10.2 Å². The first-order valence-electron chi connectivity index (χ1n) is 8.17. The fraction of sp³-hybridized carbons (Fsp3) is 0.250. The van der Waals surface area contributed by atoms with E-state index in [1.807, 2.05) is 6.07 Å². The summed E-state index contributed by atoms with van der Waals surface area (Å²) in [6, 6.07) is 8.74. The molecule has 26 heavy (non-hydrogen) atoms. The fourth-order valence-electron chi connectivity index (χ4n) is 2.70. The number of esters is 1. The van der Waals surface area contributed by atoms with Gasteiger partial charge in [-0.15, -0.1) is 0 Å². The van der Waals surface area contributed by atoms with E-state index in [0.29, 0.717) is 15.9 Å². The Hall–Kier alpha value is -2.66. The normalized spacial score (nSPS) is 11.6. The first-order chi connectivity index (χ1) is 12.2. The number of ketones is 1. The van der Waals surface area contributed by atoms with Gasteiger partial charge in [0, 0.05) is 29.0 Å². The lowest BCUT2D eigenvalue weighted by Crippen LogP contribution is -2.14. The van der Waals surface area contributed by atoms with Crippen molar-refractivity contribution in [1.82, 2.24) is 9.97 Å². The number of ether oxygens (including phenoxy) is 1. The lowest BCUT2D eigenvalue weighted by molar-refractivity contribution is -0.131. The number of rotatable bonds is 3. The summed E-state index contributed by atoms with van der Waals surface area (Å²) in [5.41, 5.74) is 1.98. The maximum absolute atomic E-state index is 13.1. The number of pyridine rings is 1. The average Bonchev–Trinajstić information content (AvgIpc) is 2.91. The molecule has 1 aromatic carbocycles. The highest BCUT2D eigenvalue weighted by Crippen LogP contribution is 2.34. The molecule has 3 aromatic rings. The summed E-state index contributed by atoms with van der Waals surface area (Å²) in [6.45, 7) is 7.47. The molecule has 0 radical (unpaired) electrons. The minimum Gasteiger partial charge on any atom is -0.424 e. The summed E-state index contributed by atoms with van der Waals surface area (Å²) in [5, 5.41) is 1.06. The zero-order valence-corrected chi connectivity index (χ0v) is 15.8. The SMILES string of the molecule is CC(=O)Oc1c(C(=O)c2cc(C(C)(C)C)ccn2)[nH]c2ccc(Cl)cc12. The third kappa shape index (κ3) is 3.48. The number of aromatic nitrogens is 2. The second-order valence-corrected chi connectivity index (χ2v) is 7.56. The summed E-state index contributed by atoms with van der Waals surface area (Å²) in [5.74, 6) is -0.695. The highest BCUT2D eigenvalue weighted by Gasteiger charge is 2.24. The fourth-order valence-corrected chi connectivity index (χ4v) is 2.87. The summed E-state index contributed by atoms with van der Waals surface area (Å²) in [6.07, 6.45) is 1.61. The minimum absolute atomic E-state index is 0.120. The Morgan fingerprint density at radius 2 is 1.88 bits per heavy atom. The summed E-state index contributed by atoms with van der Waals surface area (Å²) < 4.78 is 5.32. The zero-order chi connectivity index (χ0) is 19.1. The van der Waals surface area contributed by atoms with Crippen LogP contribution in [0.1, 0.15) is 49.4 Å². The van der Waals surface area contributed by atoms with Gasteiger partial charge in [0.25, 0.3) is 0 Å². The highest BCUT2D eigenvalue weighted by atomic mass is 35.5. The second-order valence-electron chi connectivity index (χ2n) is 7.12. The van der Waals surface area contributed by atoms with Gasteiger partial charge in [0.2, 0.25) is 5.78 Å². The molecule has 0 spiro atoms. The number of hydrogen-bond donors (Lipinski definition) is 1. The van der Waals surface area contributed by atoms with Gasteiger partial charge >= 0.3 is 5.97 Å². The van der Waals surface area contributed by atoms with Crippen LogP contribution in [0.4, 0.5) is 0 Å². The van der Waals surface area contributed by atoms with Crippen LogP contribution < -0.4 is 4.74 Å². The van der Waals surface area contributed by atoms with Crippen molar-refractivity contribution in [2.45, 2.75) is 33.1 Å². The van der Waals surface area contributed by atoms with Crippen molar-refractivity contribution < 1.29 is 14.3 Å². The number of fused-ring (bicyclic) bond motifs is 1. The number of carbonyl (C=O) groups excluding carboxylic acids is 2. The van der Waals surface area contributed by atoms with E-state index in [4.69, 9.17) is 16.3 Å². The molecule has 0 aliphatic carbocycles. The minimum atomic E-state index is -0.517. The van der Waals surface area contributed by atoms with Crippen LogP contribution in [0.15, 0.2) is 36.5 Å². The van der Waals surface area contributed by atoms with Gasteiger partial charge in [-0.3, -0.25) is 14.6 Å². The van der Waals surface area contributed by atoms with Gasteiger partial charge in [0.05, 0.1) is 0 Å². The molecule has 2 heterocycles. The van der Waals surface area contributed by atoms with Crippen LogP contribution in [-0.4, -0.2) is 21.7 Å². The number of carbonyl (C=O) groups is 2. The Morgan fingerprint density at radius 1 is 1.15 bits per heavy atom. The Balaban J connectivity index is 2.15. The van der Waals surface area contributed by atoms with E-state index in [0.717, 1.165) is 5.56 Å². The quantitative estimate of drug-likeness (QED) is 0.537. The van der Waals surface area contributed by atoms with Crippen LogP contribution in [0, 0.1) is 0 Å². The van der Waals surface area contributed by atoms with Crippen LogP contribution in [0.3, 0.4) is 0 Å². The summed E-state index contributed by atoms with van der Waals surface area (Å²) >= 11 is 6.05. The molecule has 3 rings (SSSR count). The Labute approximate surface area is 156 Å². The molecule has 0 saturated carbocycles. The predicted octanol–water partition coefficient (Wildman–Crippen LogP) is 4.67. The molecule has 0 amide bonds. The maximum Gasteiger partial charge on any atom is 0.308 e. The third-order valence-electron chi connectivity index (χ3n) is 4.04. The standard InChI is InChI=1S/C20H19ClN2O3/c1-11(24)26-19-14-10-13(21)5-6-15(14)23-17(19)18(25)16-9-12(7-8-22-16)20(2,3)4/h5-10,23H,1-4H3. The smallest absolute Gasteiger partial charge is 0.308 e. The van der Waals surface area contributed by atoms with Crippen LogP contribution in [0.2, 0.25) is 5.02 Å². The summed E-state index contributed by atoms with van der Waals surface area (Å²) in [7, 11) is 0. The molecular weight excluding hydrogens is 352 g/mol. The average molecular weight is 371 g/mol. The lowest BCUT2D eigenvalue weighted by atomic mass is 9.87. The van der Waals surface area contributed by atoms with E-state index in [9.17, 15) is 9.59 Å². The van der Waals surface area contributed by atoms with Crippen molar-refractivity contribution >= 4 is 34.3 Å². The van der Waals surface area contributed by atoms with E-state index < -0.39 is 5.97 Å². The topological polar surface area (TPSA) is 72.1 Å². The third-order valence-corrected chi connectivity index (χ3v) is 4.28. The molecule has 0 aliphatic rings. The molecule has 0 atom stereocenters. The van der Waals surface area contributed by atoms with Gasteiger partial charge in [-0.25, -0.2) is 0 Å². The van der Waals surface area contributed by atoms with E-state index in [-0.39, 0.29) is 28.3 Å². The van der Waals surface area contributed by atoms with Crippen LogP contribution in [0.25, 0.3) is 10.9 Å². The molecule has 0 saturated heterocycles. The van der Waals surface area contributed by atoms with Crippen molar-refractivity contribution in [3.8, 4) is 5.75 Å². The predicted molar refractivity (Wildman–Crippen MR) is 101 cm³/mol. The molecule has 0 bridgehead atoms. The van der Waals surface area contributed by atoms with E-state index in [1.54, 1.807) is 30.5 Å². The van der Waals surface area contributed by atoms with Gasteiger partial charge in [0.15, 0.2) is 5.75 Å². The molecule has 134 valence electrons. The maximum atomic E-state index is 13.1. The largest absolute Gasteiger partial charge is 0.424 e. The Bertz CT molecular complexity index is 1020. The molecule has 2 aromatic heterocycles. The first kappa shape index (κ1) is 18.1. The molecular formula is C20H19ClN2O3. The number of nitrogens with zero attached hydrogens (tertiary/aromatic N) is 1. The molecule has 1 N–H and O–H groups in total. The molecule has 5 nitrogen and oxygen atoms in total. The second kappa shape index (κ2) is 6.57. The van der Waals surface area contributed by atoms with E-state index in [2.05, 4.69) is 30.7 Å². The van der Waals surface area contributed by atoms with Crippen molar-refractivity contribution in [3.05, 3.63) is 58.5 Å². The molecule has 0 aliphatic heterocycles. The van der Waals surface area contributed by atoms with Crippen molar-refractivity contribution in [2.75, 3.05) is 0 Å². The lowest BCUT2D eigenvalue weighted by Gasteiger charge is -2.19. The number of halogens is 1.